The quantitative estimate of drug-likeness (QED) is 0.727. The molecule has 1 aromatic heterocycles. The summed E-state index contributed by atoms with van der Waals surface area (Å²) in [5.74, 6) is -0.288. The first-order valence-corrected chi connectivity index (χ1v) is 6.20. The number of halogens is 1. The molecule has 0 fully saturated rings. The number of nitriles is 1. The van der Waals surface area contributed by atoms with Crippen molar-refractivity contribution in [1.29, 1.82) is 5.26 Å². The van der Waals surface area contributed by atoms with Crippen LogP contribution in [0.4, 0.5) is 10.1 Å². The molecule has 0 aliphatic carbocycles. The van der Waals surface area contributed by atoms with Gasteiger partial charge < -0.3 is 10.5 Å². The van der Waals surface area contributed by atoms with E-state index in [0.29, 0.717) is 16.6 Å². The fourth-order valence-electron chi connectivity index (χ4n) is 2.02. The molecule has 0 aliphatic rings. The van der Waals surface area contributed by atoms with Crippen LogP contribution in [0.5, 0.6) is 11.5 Å². The zero-order valence-electron chi connectivity index (χ0n) is 10.9. The summed E-state index contributed by atoms with van der Waals surface area (Å²) in [4.78, 5) is 4.17. The van der Waals surface area contributed by atoms with Crippen molar-refractivity contribution in [1.82, 2.24) is 4.98 Å². The summed E-state index contributed by atoms with van der Waals surface area (Å²) in [5.41, 5.74) is 6.72. The van der Waals surface area contributed by atoms with Crippen molar-refractivity contribution in [3.05, 3.63) is 60.0 Å². The fraction of sp³-hybridized carbons (Fsp3) is 0. The van der Waals surface area contributed by atoms with Gasteiger partial charge in [0.1, 0.15) is 11.6 Å². The molecule has 0 saturated heterocycles. The van der Waals surface area contributed by atoms with Gasteiger partial charge in [-0.25, -0.2) is 4.39 Å². The number of nitrogens with two attached hydrogens (primary N) is 1. The number of benzene rings is 2. The van der Waals surface area contributed by atoms with E-state index in [1.807, 2.05) is 12.1 Å². The van der Waals surface area contributed by atoms with Gasteiger partial charge in [0.15, 0.2) is 17.3 Å². The zero-order valence-corrected chi connectivity index (χ0v) is 10.9. The Hall–Kier alpha value is -3.13. The highest BCUT2D eigenvalue weighted by Crippen LogP contribution is 2.33. The first-order chi connectivity index (χ1) is 10.2. The average Bonchev–Trinajstić information content (AvgIpc) is 2.50. The Labute approximate surface area is 120 Å². The number of hydrogen-bond acceptors (Lipinski definition) is 4. The number of aromatic nitrogens is 1. The summed E-state index contributed by atoms with van der Waals surface area (Å²) < 4.78 is 19.5. The minimum atomic E-state index is -0.584. The minimum Gasteiger partial charge on any atom is -0.452 e. The summed E-state index contributed by atoms with van der Waals surface area (Å²) in [7, 11) is 0. The molecule has 2 N–H and O–H groups in total. The summed E-state index contributed by atoms with van der Waals surface area (Å²) >= 11 is 0. The molecule has 4 nitrogen and oxygen atoms in total. The fourth-order valence-corrected chi connectivity index (χ4v) is 2.02. The molecule has 21 heavy (non-hydrogen) atoms. The predicted octanol–water partition coefficient (Wildman–Crippen LogP) is 3.62. The molecular weight excluding hydrogens is 269 g/mol. The van der Waals surface area contributed by atoms with Crippen LogP contribution in [0.1, 0.15) is 5.56 Å². The van der Waals surface area contributed by atoms with E-state index in [9.17, 15) is 9.65 Å². The van der Waals surface area contributed by atoms with Crippen LogP contribution in [0.2, 0.25) is 0 Å². The average molecular weight is 279 g/mol. The smallest absolute Gasteiger partial charge is 0.167 e. The number of anilines is 1. The van der Waals surface area contributed by atoms with Crippen LogP contribution in [0.25, 0.3) is 10.9 Å². The van der Waals surface area contributed by atoms with Crippen LogP contribution in [0.15, 0.2) is 48.7 Å². The number of nitrogens with zero attached hydrogens (tertiary/aromatic N) is 2. The Morgan fingerprint density at radius 3 is 2.76 bits per heavy atom. The molecule has 0 saturated carbocycles. The van der Waals surface area contributed by atoms with E-state index >= 15 is 0 Å². The van der Waals surface area contributed by atoms with Crippen LogP contribution in [-0.4, -0.2) is 4.98 Å². The minimum absolute atomic E-state index is 0.0112. The Bertz CT molecular complexity index is 871. The maximum absolute atomic E-state index is 13.9. The van der Waals surface area contributed by atoms with Crippen molar-refractivity contribution in [3.8, 4) is 17.6 Å². The van der Waals surface area contributed by atoms with Gasteiger partial charge in [-0.05, 0) is 24.3 Å². The van der Waals surface area contributed by atoms with Crippen molar-refractivity contribution in [2.24, 2.45) is 0 Å². The Balaban J connectivity index is 2.17. The van der Waals surface area contributed by atoms with Gasteiger partial charge in [0.05, 0.1) is 5.52 Å². The lowest BCUT2D eigenvalue weighted by Crippen LogP contribution is -1.95. The van der Waals surface area contributed by atoms with E-state index in [1.54, 1.807) is 18.2 Å². The molecule has 1 heterocycles. The van der Waals surface area contributed by atoms with E-state index in [2.05, 4.69) is 4.98 Å². The SMILES string of the molecule is N#Cc1cnc2ccccc2c1Oc1ccc(N)cc1F. The number of nitrogen functional groups attached to an aromatic ring is 1. The third kappa shape index (κ3) is 2.35. The lowest BCUT2D eigenvalue weighted by atomic mass is 10.1. The van der Waals surface area contributed by atoms with Crippen molar-refractivity contribution in [2.75, 3.05) is 5.73 Å². The molecule has 0 aliphatic heterocycles. The second-order valence-corrected chi connectivity index (χ2v) is 4.42. The van der Waals surface area contributed by atoms with E-state index < -0.39 is 5.82 Å². The normalized spacial score (nSPS) is 10.3. The van der Waals surface area contributed by atoms with E-state index in [0.717, 1.165) is 0 Å². The van der Waals surface area contributed by atoms with Gasteiger partial charge in [-0.15, -0.1) is 0 Å². The molecule has 0 radical (unpaired) electrons. The van der Waals surface area contributed by atoms with Crippen LogP contribution >= 0.6 is 0 Å². The highest BCUT2D eigenvalue weighted by Gasteiger charge is 2.13. The second-order valence-electron chi connectivity index (χ2n) is 4.42. The molecule has 0 amide bonds. The third-order valence-corrected chi connectivity index (χ3v) is 3.01. The number of ether oxygens (including phenoxy) is 1. The monoisotopic (exact) mass is 279 g/mol. The summed E-state index contributed by atoms with van der Waals surface area (Å²) in [5, 5.41) is 9.83. The summed E-state index contributed by atoms with van der Waals surface area (Å²) in [6.45, 7) is 0. The van der Waals surface area contributed by atoms with Crippen LogP contribution < -0.4 is 10.5 Å². The van der Waals surface area contributed by atoms with Crippen molar-refractivity contribution in [2.45, 2.75) is 0 Å². The van der Waals surface area contributed by atoms with Gasteiger partial charge in [0.25, 0.3) is 0 Å². The first kappa shape index (κ1) is 12.9. The van der Waals surface area contributed by atoms with Gasteiger partial charge in [-0.1, -0.05) is 12.1 Å². The lowest BCUT2D eigenvalue weighted by Gasteiger charge is -2.11. The largest absolute Gasteiger partial charge is 0.452 e. The maximum Gasteiger partial charge on any atom is 0.167 e. The Morgan fingerprint density at radius 2 is 2.00 bits per heavy atom. The number of rotatable bonds is 2. The van der Waals surface area contributed by atoms with Crippen LogP contribution in [-0.2, 0) is 0 Å². The number of para-hydroxylation sites is 1. The molecular formula is C16H10FN3O. The highest BCUT2D eigenvalue weighted by atomic mass is 19.1. The summed E-state index contributed by atoms with van der Waals surface area (Å²) in [6, 6.07) is 13.3. The lowest BCUT2D eigenvalue weighted by molar-refractivity contribution is 0.445. The van der Waals surface area contributed by atoms with Gasteiger partial charge >= 0.3 is 0 Å². The maximum atomic E-state index is 13.9. The zero-order chi connectivity index (χ0) is 14.8. The third-order valence-electron chi connectivity index (χ3n) is 3.01. The van der Waals surface area contributed by atoms with Crippen molar-refractivity contribution >= 4 is 16.6 Å². The first-order valence-electron chi connectivity index (χ1n) is 6.20. The molecule has 0 atom stereocenters. The second kappa shape index (κ2) is 5.10. The van der Waals surface area contributed by atoms with Gasteiger partial charge in [-0.3, -0.25) is 4.98 Å². The number of pyridine rings is 1. The molecule has 3 rings (SSSR count). The molecule has 3 aromatic rings. The van der Waals surface area contributed by atoms with Crippen molar-refractivity contribution in [3.63, 3.8) is 0 Å². The molecule has 0 unspecified atom stereocenters. The summed E-state index contributed by atoms with van der Waals surface area (Å²) in [6.07, 6.45) is 1.41. The predicted molar refractivity (Wildman–Crippen MR) is 77.3 cm³/mol. The Morgan fingerprint density at radius 1 is 1.19 bits per heavy atom. The molecule has 102 valence electrons. The van der Waals surface area contributed by atoms with E-state index in [1.165, 1.54) is 24.4 Å². The molecule has 0 spiro atoms. The topological polar surface area (TPSA) is 71.9 Å². The standard InChI is InChI=1S/C16H10FN3O/c17-13-7-11(19)5-6-15(13)21-16-10(8-18)9-20-14-4-2-1-3-12(14)16/h1-7,9H,19H2. The van der Waals surface area contributed by atoms with Gasteiger partial charge in [-0.2, -0.15) is 5.26 Å². The van der Waals surface area contributed by atoms with Crippen molar-refractivity contribution < 1.29 is 9.13 Å². The van der Waals surface area contributed by atoms with E-state index in [-0.39, 0.29) is 17.1 Å². The van der Waals surface area contributed by atoms with Gasteiger partial charge in [0, 0.05) is 23.3 Å². The number of fused-ring (bicyclic) bond motifs is 1. The number of hydrogen-bond donors (Lipinski definition) is 1. The van der Waals surface area contributed by atoms with Crippen LogP contribution in [0, 0.1) is 17.1 Å². The molecule has 2 aromatic carbocycles. The van der Waals surface area contributed by atoms with Crippen LogP contribution in [0.3, 0.4) is 0 Å². The highest BCUT2D eigenvalue weighted by molar-refractivity contribution is 5.87. The molecule has 5 heteroatoms. The van der Waals surface area contributed by atoms with E-state index in [4.69, 9.17) is 10.5 Å². The molecule has 0 bridgehead atoms. The Kier molecular flexibility index (Phi) is 3.13. The van der Waals surface area contributed by atoms with Gasteiger partial charge in [0.2, 0.25) is 0 Å².